The SMILES string of the molecule is CC(C)CN(CCCCC(C)(N)C(=O)O)C(C)C. The lowest BCUT2D eigenvalue weighted by molar-refractivity contribution is -0.142. The highest BCUT2D eigenvalue weighted by Gasteiger charge is 2.26. The second-order valence-corrected chi connectivity index (χ2v) is 6.16. The van der Waals surface area contributed by atoms with Crippen LogP contribution in [0.1, 0.15) is 53.9 Å². The van der Waals surface area contributed by atoms with Gasteiger partial charge in [-0.25, -0.2) is 0 Å². The molecule has 3 N–H and O–H groups in total. The Morgan fingerprint density at radius 2 is 1.83 bits per heavy atom. The monoisotopic (exact) mass is 258 g/mol. The van der Waals surface area contributed by atoms with E-state index in [1.807, 2.05) is 0 Å². The van der Waals surface area contributed by atoms with Crippen LogP contribution in [0.5, 0.6) is 0 Å². The molecule has 0 bridgehead atoms. The van der Waals surface area contributed by atoms with Crippen LogP contribution in [0, 0.1) is 5.92 Å². The van der Waals surface area contributed by atoms with Gasteiger partial charge in [0.25, 0.3) is 0 Å². The second kappa shape index (κ2) is 7.74. The maximum Gasteiger partial charge on any atom is 0.323 e. The molecule has 0 spiro atoms. The van der Waals surface area contributed by atoms with E-state index >= 15 is 0 Å². The Hall–Kier alpha value is -0.610. The Morgan fingerprint density at radius 1 is 1.28 bits per heavy atom. The van der Waals surface area contributed by atoms with Gasteiger partial charge < -0.3 is 15.7 Å². The molecule has 0 aliphatic heterocycles. The third-order valence-corrected chi connectivity index (χ3v) is 3.21. The van der Waals surface area contributed by atoms with Gasteiger partial charge in [0.05, 0.1) is 0 Å². The van der Waals surface area contributed by atoms with Gasteiger partial charge >= 0.3 is 5.97 Å². The first-order chi connectivity index (χ1) is 8.16. The largest absolute Gasteiger partial charge is 0.480 e. The average Bonchev–Trinajstić information content (AvgIpc) is 2.21. The lowest BCUT2D eigenvalue weighted by Crippen LogP contribution is -2.44. The molecular formula is C14H30N2O2. The van der Waals surface area contributed by atoms with E-state index in [0.717, 1.165) is 25.9 Å². The Balaban J connectivity index is 3.97. The van der Waals surface area contributed by atoms with Crippen molar-refractivity contribution in [3.63, 3.8) is 0 Å². The number of aliphatic carboxylic acids is 1. The molecule has 0 fully saturated rings. The molecule has 0 saturated heterocycles. The van der Waals surface area contributed by atoms with E-state index in [4.69, 9.17) is 10.8 Å². The number of hydrogen-bond donors (Lipinski definition) is 2. The zero-order chi connectivity index (χ0) is 14.3. The summed E-state index contributed by atoms with van der Waals surface area (Å²) in [5.74, 6) is -0.253. The number of carboxylic acids is 1. The molecule has 4 nitrogen and oxygen atoms in total. The molecular weight excluding hydrogens is 228 g/mol. The van der Waals surface area contributed by atoms with Gasteiger partial charge in [-0.1, -0.05) is 13.8 Å². The standard InChI is InChI=1S/C14H30N2O2/c1-11(2)10-16(12(3)4)9-7-6-8-14(5,15)13(17)18/h11-12H,6-10,15H2,1-5H3,(H,17,18). The summed E-state index contributed by atoms with van der Waals surface area (Å²) in [7, 11) is 0. The minimum Gasteiger partial charge on any atom is -0.480 e. The van der Waals surface area contributed by atoms with Crippen molar-refractivity contribution < 1.29 is 9.90 Å². The number of carboxylic acid groups (broad SMARTS) is 1. The number of hydrogen-bond acceptors (Lipinski definition) is 3. The normalized spacial score (nSPS) is 15.4. The Kier molecular flexibility index (Phi) is 7.48. The Bertz CT molecular complexity index is 250. The lowest BCUT2D eigenvalue weighted by atomic mass is 9.96. The minimum atomic E-state index is -1.08. The molecule has 0 aromatic heterocycles. The van der Waals surface area contributed by atoms with E-state index in [2.05, 4.69) is 32.6 Å². The molecule has 0 heterocycles. The summed E-state index contributed by atoms with van der Waals surface area (Å²) in [4.78, 5) is 13.3. The Labute approximate surface area is 112 Å². The predicted molar refractivity (Wildman–Crippen MR) is 75.6 cm³/mol. The second-order valence-electron chi connectivity index (χ2n) is 6.16. The zero-order valence-electron chi connectivity index (χ0n) is 12.6. The summed E-state index contributed by atoms with van der Waals surface area (Å²) in [6.07, 6.45) is 2.40. The molecule has 0 aromatic carbocycles. The minimum absolute atomic E-state index is 0.538. The van der Waals surface area contributed by atoms with E-state index in [9.17, 15) is 4.79 Å². The quantitative estimate of drug-likeness (QED) is 0.623. The third-order valence-electron chi connectivity index (χ3n) is 3.21. The van der Waals surface area contributed by atoms with Crippen molar-refractivity contribution in [2.45, 2.75) is 65.5 Å². The van der Waals surface area contributed by atoms with Crippen LogP contribution >= 0.6 is 0 Å². The van der Waals surface area contributed by atoms with Crippen molar-refractivity contribution in [3.8, 4) is 0 Å². The van der Waals surface area contributed by atoms with Crippen LogP contribution in [0.2, 0.25) is 0 Å². The summed E-state index contributed by atoms with van der Waals surface area (Å²) in [5, 5.41) is 8.92. The van der Waals surface area contributed by atoms with Gasteiger partial charge in [-0.3, -0.25) is 4.79 Å². The van der Waals surface area contributed by atoms with Crippen molar-refractivity contribution in [1.82, 2.24) is 4.90 Å². The van der Waals surface area contributed by atoms with Crippen LogP contribution in [0.4, 0.5) is 0 Å². The van der Waals surface area contributed by atoms with Gasteiger partial charge in [-0.2, -0.15) is 0 Å². The van der Waals surface area contributed by atoms with E-state index in [1.165, 1.54) is 0 Å². The molecule has 18 heavy (non-hydrogen) atoms. The fraction of sp³-hybridized carbons (Fsp3) is 0.929. The third kappa shape index (κ3) is 6.97. The number of carbonyl (C=O) groups is 1. The van der Waals surface area contributed by atoms with Crippen LogP contribution < -0.4 is 5.73 Å². The fourth-order valence-electron chi connectivity index (χ4n) is 1.94. The number of unbranched alkanes of at least 4 members (excludes halogenated alkanes) is 1. The molecule has 0 saturated carbocycles. The van der Waals surface area contributed by atoms with Crippen molar-refractivity contribution >= 4 is 5.97 Å². The molecule has 0 aliphatic carbocycles. The zero-order valence-corrected chi connectivity index (χ0v) is 12.6. The van der Waals surface area contributed by atoms with Crippen LogP contribution in [0.15, 0.2) is 0 Å². The van der Waals surface area contributed by atoms with Crippen molar-refractivity contribution in [1.29, 1.82) is 0 Å². The van der Waals surface area contributed by atoms with Gasteiger partial charge in [0, 0.05) is 12.6 Å². The predicted octanol–water partition coefficient (Wildman–Crippen LogP) is 2.33. The first-order valence-corrected chi connectivity index (χ1v) is 6.93. The van der Waals surface area contributed by atoms with Gasteiger partial charge in [-0.05, 0) is 52.5 Å². The lowest BCUT2D eigenvalue weighted by Gasteiger charge is -2.28. The molecule has 4 heteroatoms. The molecule has 0 aliphatic rings. The smallest absolute Gasteiger partial charge is 0.323 e. The van der Waals surface area contributed by atoms with Gasteiger partial charge in [0.15, 0.2) is 0 Å². The number of rotatable bonds is 9. The highest BCUT2D eigenvalue weighted by molar-refractivity contribution is 5.77. The molecule has 108 valence electrons. The molecule has 0 aromatic rings. The average molecular weight is 258 g/mol. The van der Waals surface area contributed by atoms with Crippen LogP contribution in [0.3, 0.4) is 0 Å². The summed E-state index contributed by atoms with van der Waals surface area (Å²) in [6, 6.07) is 0.538. The van der Waals surface area contributed by atoms with E-state index in [-0.39, 0.29) is 0 Å². The highest BCUT2D eigenvalue weighted by Crippen LogP contribution is 2.13. The molecule has 0 amide bonds. The molecule has 1 unspecified atom stereocenters. The number of nitrogens with two attached hydrogens (primary N) is 1. The van der Waals surface area contributed by atoms with E-state index in [1.54, 1.807) is 6.92 Å². The van der Waals surface area contributed by atoms with Gasteiger partial charge in [-0.15, -0.1) is 0 Å². The van der Waals surface area contributed by atoms with Gasteiger partial charge in [0.1, 0.15) is 5.54 Å². The highest BCUT2D eigenvalue weighted by atomic mass is 16.4. The van der Waals surface area contributed by atoms with Crippen LogP contribution in [-0.4, -0.2) is 40.6 Å². The fourth-order valence-corrected chi connectivity index (χ4v) is 1.94. The van der Waals surface area contributed by atoms with Crippen molar-refractivity contribution in [2.75, 3.05) is 13.1 Å². The maximum atomic E-state index is 10.9. The van der Waals surface area contributed by atoms with Crippen LogP contribution in [0.25, 0.3) is 0 Å². The van der Waals surface area contributed by atoms with Crippen LogP contribution in [-0.2, 0) is 4.79 Å². The maximum absolute atomic E-state index is 10.9. The van der Waals surface area contributed by atoms with E-state index in [0.29, 0.717) is 18.4 Å². The Morgan fingerprint density at radius 3 is 2.22 bits per heavy atom. The molecule has 0 radical (unpaired) electrons. The molecule has 1 atom stereocenters. The number of nitrogens with zero attached hydrogens (tertiary/aromatic N) is 1. The van der Waals surface area contributed by atoms with Crippen molar-refractivity contribution in [2.24, 2.45) is 11.7 Å². The summed E-state index contributed by atoms with van der Waals surface area (Å²) < 4.78 is 0. The first kappa shape index (κ1) is 17.4. The van der Waals surface area contributed by atoms with E-state index < -0.39 is 11.5 Å². The van der Waals surface area contributed by atoms with Gasteiger partial charge in [0.2, 0.25) is 0 Å². The topological polar surface area (TPSA) is 66.6 Å². The molecule has 0 rings (SSSR count). The summed E-state index contributed by atoms with van der Waals surface area (Å²) in [5.41, 5.74) is 4.62. The summed E-state index contributed by atoms with van der Waals surface area (Å²) in [6.45, 7) is 12.5. The first-order valence-electron chi connectivity index (χ1n) is 6.93. The van der Waals surface area contributed by atoms with Crippen molar-refractivity contribution in [3.05, 3.63) is 0 Å². The summed E-state index contributed by atoms with van der Waals surface area (Å²) >= 11 is 0.